The third-order valence-corrected chi connectivity index (χ3v) is 8.20. The smallest absolute Gasteiger partial charge is 0.319 e. The number of nitrogens with zero attached hydrogens (tertiary/aromatic N) is 1. The lowest BCUT2D eigenvalue weighted by Crippen LogP contribution is -2.40. The summed E-state index contributed by atoms with van der Waals surface area (Å²) in [5.74, 6) is 0. The molecular weight excluding hydrogens is 494 g/mol. The normalized spacial score (nSPS) is 12.8. The van der Waals surface area contributed by atoms with E-state index in [0.717, 1.165) is 29.8 Å². The van der Waals surface area contributed by atoms with Crippen LogP contribution in [0, 0.1) is 0 Å². The van der Waals surface area contributed by atoms with Gasteiger partial charge in [-0.1, -0.05) is 56.2 Å². The van der Waals surface area contributed by atoms with Crippen molar-refractivity contribution in [3.8, 4) is 10.4 Å². The minimum absolute atomic E-state index is 0.0654. The van der Waals surface area contributed by atoms with Crippen molar-refractivity contribution in [3.63, 3.8) is 0 Å². The average Bonchev–Trinajstić information content (AvgIpc) is 3.31. The minimum Gasteiger partial charge on any atom is -0.334 e. The minimum atomic E-state index is -3.91. The number of hydrogen-bond acceptors (Lipinski definition) is 6. The first-order valence-corrected chi connectivity index (χ1v) is 14.3. The fourth-order valence-corrected chi connectivity index (χ4v) is 6.29. The number of urea groups is 1. The fourth-order valence-electron chi connectivity index (χ4n) is 3.57. The molecule has 0 unspecified atom stereocenters. The summed E-state index contributed by atoms with van der Waals surface area (Å²) in [5, 5.41) is 6.30. The van der Waals surface area contributed by atoms with E-state index in [1.807, 2.05) is 30.3 Å². The highest BCUT2D eigenvalue weighted by molar-refractivity contribution is 7.89. The lowest BCUT2D eigenvalue weighted by molar-refractivity contribution is 0.251. The number of carbonyl (C=O) groups excluding carboxylic acids is 1. The first-order valence-electron chi connectivity index (χ1n) is 12.0. The summed E-state index contributed by atoms with van der Waals surface area (Å²) < 4.78 is 29.5. The Hall–Kier alpha value is -2.79. The van der Waals surface area contributed by atoms with Gasteiger partial charge in [-0.3, -0.25) is 0 Å². The van der Waals surface area contributed by atoms with E-state index in [9.17, 15) is 13.2 Å². The van der Waals surface area contributed by atoms with Gasteiger partial charge in [-0.05, 0) is 44.9 Å². The predicted molar refractivity (Wildman–Crippen MR) is 146 cm³/mol. The zero-order valence-electron chi connectivity index (χ0n) is 21.2. The quantitative estimate of drug-likeness (QED) is 0.280. The second-order valence-corrected chi connectivity index (χ2v) is 12.4. The molecule has 194 valence electrons. The van der Waals surface area contributed by atoms with Crippen molar-refractivity contribution in [2.75, 3.05) is 5.32 Å². The molecule has 36 heavy (non-hydrogen) atoms. The maximum Gasteiger partial charge on any atom is 0.319 e. The maximum absolute atomic E-state index is 13.4. The molecule has 0 saturated heterocycles. The summed E-state index contributed by atoms with van der Waals surface area (Å²) in [6.45, 7) is 7.79. The summed E-state index contributed by atoms with van der Waals surface area (Å²) in [6.07, 6.45) is 4.52. The largest absolute Gasteiger partial charge is 0.334 e. The highest BCUT2D eigenvalue weighted by atomic mass is 32.2. The van der Waals surface area contributed by atoms with Crippen molar-refractivity contribution in [3.05, 3.63) is 65.3 Å². The molecule has 1 atom stereocenters. The van der Waals surface area contributed by atoms with Crippen LogP contribution in [0.15, 0.2) is 59.6 Å². The molecule has 2 amide bonds. The SMILES string of the molecule is CCCC[C@H](N)c1ncc(-c2ccc(NC(=O)NCc3ccccc3)cc2S(=O)(=O)NC(C)(C)C)s1. The van der Waals surface area contributed by atoms with Crippen LogP contribution in [-0.4, -0.2) is 25.0 Å². The molecule has 1 heterocycles. The van der Waals surface area contributed by atoms with E-state index in [1.54, 1.807) is 39.1 Å². The van der Waals surface area contributed by atoms with E-state index < -0.39 is 21.6 Å². The third kappa shape index (κ3) is 7.86. The summed E-state index contributed by atoms with van der Waals surface area (Å²) in [7, 11) is -3.91. The molecule has 0 aliphatic heterocycles. The Balaban J connectivity index is 1.89. The Morgan fingerprint density at radius 1 is 1.14 bits per heavy atom. The number of sulfonamides is 1. The topological polar surface area (TPSA) is 126 Å². The summed E-state index contributed by atoms with van der Waals surface area (Å²) in [4.78, 5) is 17.7. The van der Waals surface area contributed by atoms with Crippen LogP contribution in [-0.2, 0) is 16.6 Å². The molecule has 0 aliphatic rings. The zero-order valence-corrected chi connectivity index (χ0v) is 22.8. The Labute approximate surface area is 217 Å². The van der Waals surface area contributed by atoms with Gasteiger partial charge in [0.2, 0.25) is 10.0 Å². The van der Waals surface area contributed by atoms with Gasteiger partial charge in [0.05, 0.1) is 15.8 Å². The Morgan fingerprint density at radius 2 is 1.86 bits per heavy atom. The van der Waals surface area contributed by atoms with Gasteiger partial charge in [0, 0.05) is 29.5 Å². The number of nitrogens with one attached hydrogen (secondary N) is 3. The third-order valence-electron chi connectivity index (χ3n) is 5.24. The Kier molecular flexibility index (Phi) is 9.24. The molecule has 8 nitrogen and oxygen atoms in total. The van der Waals surface area contributed by atoms with Crippen LogP contribution in [0.2, 0.25) is 0 Å². The summed E-state index contributed by atoms with van der Waals surface area (Å²) >= 11 is 1.39. The van der Waals surface area contributed by atoms with E-state index >= 15 is 0 Å². The van der Waals surface area contributed by atoms with E-state index in [0.29, 0.717) is 22.7 Å². The second kappa shape index (κ2) is 12.0. The number of rotatable bonds is 10. The van der Waals surface area contributed by atoms with E-state index in [1.165, 1.54) is 17.4 Å². The number of thiazole rings is 1. The van der Waals surface area contributed by atoms with Crippen molar-refractivity contribution in [2.45, 2.75) is 70.0 Å². The molecule has 3 rings (SSSR count). The van der Waals surface area contributed by atoms with Crippen molar-refractivity contribution >= 4 is 33.1 Å². The molecule has 0 aliphatic carbocycles. The monoisotopic (exact) mass is 529 g/mol. The van der Waals surface area contributed by atoms with Crippen LogP contribution in [0.4, 0.5) is 10.5 Å². The van der Waals surface area contributed by atoms with E-state index in [2.05, 4.69) is 27.3 Å². The Bertz CT molecular complexity index is 1270. The van der Waals surface area contributed by atoms with Gasteiger partial charge in [-0.25, -0.2) is 22.9 Å². The van der Waals surface area contributed by atoms with Gasteiger partial charge in [-0.2, -0.15) is 0 Å². The van der Waals surface area contributed by atoms with E-state index in [4.69, 9.17) is 5.73 Å². The average molecular weight is 530 g/mol. The number of hydrogen-bond donors (Lipinski definition) is 4. The summed E-state index contributed by atoms with van der Waals surface area (Å²) in [5.41, 5.74) is 7.43. The number of anilines is 1. The molecule has 1 aromatic heterocycles. The maximum atomic E-state index is 13.4. The lowest BCUT2D eigenvalue weighted by atomic mass is 10.1. The van der Waals surface area contributed by atoms with Gasteiger partial charge in [0.15, 0.2) is 0 Å². The van der Waals surface area contributed by atoms with Crippen LogP contribution >= 0.6 is 11.3 Å². The second-order valence-electron chi connectivity index (χ2n) is 9.67. The zero-order chi connectivity index (χ0) is 26.3. The number of benzene rings is 2. The van der Waals surface area contributed by atoms with Crippen molar-refractivity contribution < 1.29 is 13.2 Å². The van der Waals surface area contributed by atoms with Gasteiger partial charge in [0.1, 0.15) is 5.01 Å². The Morgan fingerprint density at radius 3 is 2.53 bits per heavy atom. The standard InChI is InChI=1S/C26H35N5O3S2/c1-5-6-12-21(27)24-28-17-22(35-24)20-14-13-19(15-23(20)36(33,34)31-26(2,3)4)30-25(32)29-16-18-10-8-7-9-11-18/h7-11,13-15,17,21,31H,5-6,12,16,27H2,1-4H3,(H2,29,30,32)/t21-/m0/s1. The number of nitrogens with two attached hydrogens (primary N) is 1. The van der Waals surface area contributed by atoms with Crippen molar-refractivity contribution in [1.29, 1.82) is 0 Å². The lowest BCUT2D eigenvalue weighted by Gasteiger charge is -2.22. The van der Waals surface area contributed by atoms with Gasteiger partial charge >= 0.3 is 6.03 Å². The molecular formula is C26H35N5O3S2. The van der Waals surface area contributed by atoms with Crippen LogP contribution in [0.3, 0.4) is 0 Å². The van der Waals surface area contributed by atoms with Crippen molar-refractivity contribution in [2.24, 2.45) is 5.73 Å². The van der Waals surface area contributed by atoms with Gasteiger partial charge in [0.25, 0.3) is 0 Å². The molecule has 0 fully saturated rings. The highest BCUT2D eigenvalue weighted by Crippen LogP contribution is 2.36. The molecule has 0 spiro atoms. The van der Waals surface area contributed by atoms with Crippen LogP contribution in [0.5, 0.6) is 0 Å². The van der Waals surface area contributed by atoms with Crippen LogP contribution < -0.4 is 21.1 Å². The number of carbonyl (C=O) groups is 1. The van der Waals surface area contributed by atoms with Gasteiger partial charge < -0.3 is 16.4 Å². The number of amides is 2. The molecule has 0 saturated carbocycles. The molecule has 0 radical (unpaired) electrons. The van der Waals surface area contributed by atoms with Crippen molar-refractivity contribution in [1.82, 2.24) is 15.0 Å². The molecule has 5 N–H and O–H groups in total. The van der Waals surface area contributed by atoms with Crippen LogP contribution in [0.25, 0.3) is 10.4 Å². The first-order chi connectivity index (χ1) is 17.0. The highest BCUT2D eigenvalue weighted by Gasteiger charge is 2.27. The predicted octanol–water partition coefficient (Wildman–Crippen LogP) is 5.40. The summed E-state index contributed by atoms with van der Waals surface area (Å²) in [6, 6.07) is 13.8. The van der Waals surface area contributed by atoms with Gasteiger partial charge in [-0.15, -0.1) is 11.3 Å². The molecule has 0 bridgehead atoms. The number of aromatic nitrogens is 1. The van der Waals surface area contributed by atoms with Crippen LogP contribution in [0.1, 0.15) is 63.6 Å². The fraction of sp³-hybridized carbons (Fsp3) is 0.385. The molecule has 10 heteroatoms. The number of unbranched alkanes of at least 4 members (excludes halogenated alkanes) is 1. The molecule has 3 aromatic rings. The van der Waals surface area contributed by atoms with E-state index in [-0.39, 0.29) is 10.9 Å². The molecule has 2 aromatic carbocycles. The first kappa shape index (κ1) is 27.8.